The molecule has 0 spiro atoms. The van der Waals surface area contributed by atoms with E-state index in [1.54, 1.807) is 7.11 Å². The summed E-state index contributed by atoms with van der Waals surface area (Å²) in [5.74, 6) is 2.18. The lowest BCUT2D eigenvalue weighted by atomic mass is 9.97. The molecule has 2 heterocycles. The van der Waals surface area contributed by atoms with Crippen LogP contribution in [0.3, 0.4) is 0 Å². The van der Waals surface area contributed by atoms with Gasteiger partial charge in [-0.2, -0.15) is 0 Å². The molecule has 3 aromatic rings. The first-order valence-electron chi connectivity index (χ1n) is 12.6. The van der Waals surface area contributed by atoms with Gasteiger partial charge >= 0.3 is 0 Å². The number of aliphatic hydroxyl groups is 1. The van der Waals surface area contributed by atoms with E-state index in [2.05, 4.69) is 10.2 Å². The molecule has 0 aromatic heterocycles. The summed E-state index contributed by atoms with van der Waals surface area (Å²) in [5.41, 5.74) is 4.73. The van der Waals surface area contributed by atoms with Crippen molar-refractivity contribution in [1.29, 1.82) is 0 Å². The first-order valence-corrected chi connectivity index (χ1v) is 13.0. The summed E-state index contributed by atoms with van der Waals surface area (Å²) in [6.45, 7) is 2.73. The Bertz CT molecular complexity index is 1280. The Kier molecular flexibility index (Phi) is 7.84. The molecule has 1 atom stereocenters. The third-order valence-electron chi connectivity index (χ3n) is 6.90. The molecule has 37 heavy (non-hydrogen) atoms. The lowest BCUT2D eigenvalue weighted by molar-refractivity contribution is -0.125. The summed E-state index contributed by atoms with van der Waals surface area (Å²) in [6.07, 6.45) is 1.76. The largest absolute Gasteiger partial charge is 0.496 e. The standard InChI is InChI=1S/C29H31ClN2O5/c1-35-26-16-19(7-8-21(26)18-32-12-3-6-24(32)29(34)31-11-13-33)22-4-2-5-23(28(22)30)20-9-10-25-27(17-20)37-15-14-36-25/h2,4-5,7-10,16-17,24,33H,3,6,11-15,18H2,1H3,(H,31,34). The van der Waals surface area contributed by atoms with Gasteiger partial charge < -0.3 is 24.6 Å². The Morgan fingerprint density at radius 3 is 2.57 bits per heavy atom. The molecule has 1 amide bonds. The highest BCUT2D eigenvalue weighted by Crippen LogP contribution is 2.41. The summed E-state index contributed by atoms with van der Waals surface area (Å²) < 4.78 is 17.2. The van der Waals surface area contributed by atoms with Crippen molar-refractivity contribution in [3.63, 3.8) is 0 Å². The van der Waals surface area contributed by atoms with E-state index in [0.29, 0.717) is 24.8 Å². The average molecular weight is 523 g/mol. The van der Waals surface area contributed by atoms with Crippen LogP contribution >= 0.6 is 11.6 Å². The Hall–Kier alpha value is -3.26. The lowest BCUT2D eigenvalue weighted by Gasteiger charge is -2.24. The normalized spacial score (nSPS) is 17.0. The number of halogens is 1. The Morgan fingerprint density at radius 2 is 1.81 bits per heavy atom. The maximum atomic E-state index is 12.5. The molecule has 0 saturated carbocycles. The van der Waals surface area contributed by atoms with Crippen molar-refractivity contribution in [1.82, 2.24) is 10.2 Å². The van der Waals surface area contributed by atoms with Crippen LogP contribution in [-0.4, -0.2) is 62.0 Å². The summed E-state index contributed by atoms with van der Waals surface area (Å²) >= 11 is 6.95. The topological polar surface area (TPSA) is 80.3 Å². The highest BCUT2D eigenvalue weighted by Gasteiger charge is 2.31. The number of aliphatic hydroxyl groups excluding tert-OH is 1. The monoisotopic (exact) mass is 522 g/mol. The number of fused-ring (bicyclic) bond motifs is 1. The molecular formula is C29H31ClN2O5. The van der Waals surface area contributed by atoms with Gasteiger partial charge in [-0.05, 0) is 48.7 Å². The molecule has 1 unspecified atom stereocenters. The number of amides is 1. The van der Waals surface area contributed by atoms with E-state index >= 15 is 0 Å². The quantitative estimate of drug-likeness (QED) is 0.452. The van der Waals surface area contributed by atoms with Crippen molar-refractivity contribution in [3.05, 3.63) is 65.2 Å². The van der Waals surface area contributed by atoms with Crippen LogP contribution in [-0.2, 0) is 11.3 Å². The van der Waals surface area contributed by atoms with Crippen molar-refractivity contribution in [3.8, 4) is 39.5 Å². The molecule has 1 fully saturated rings. The van der Waals surface area contributed by atoms with Crippen LogP contribution in [0.1, 0.15) is 18.4 Å². The first kappa shape index (κ1) is 25.4. The Morgan fingerprint density at radius 1 is 1.08 bits per heavy atom. The second kappa shape index (κ2) is 11.4. The molecular weight excluding hydrogens is 492 g/mol. The van der Waals surface area contributed by atoms with Crippen LogP contribution in [0.25, 0.3) is 22.3 Å². The van der Waals surface area contributed by atoms with Crippen LogP contribution in [0, 0.1) is 0 Å². The van der Waals surface area contributed by atoms with Gasteiger partial charge in [0.1, 0.15) is 19.0 Å². The van der Waals surface area contributed by atoms with Crippen molar-refractivity contribution >= 4 is 17.5 Å². The SMILES string of the molecule is COc1cc(-c2cccc(-c3ccc4c(c3)OCCO4)c2Cl)ccc1CN1CCCC1C(=O)NCCO. The van der Waals surface area contributed by atoms with Gasteiger partial charge in [0.15, 0.2) is 11.5 Å². The zero-order valence-corrected chi connectivity index (χ0v) is 21.6. The number of hydrogen-bond acceptors (Lipinski definition) is 6. The summed E-state index contributed by atoms with van der Waals surface area (Å²) in [5, 5.41) is 12.5. The van der Waals surface area contributed by atoms with E-state index in [1.807, 2.05) is 54.6 Å². The van der Waals surface area contributed by atoms with Crippen molar-refractivity contribution < 1.29 is 24.1 Å². The molecule has 7 nitrogen and oxygen atoms in total. The van der Waals surface area contributed by atoms with Crippen molar-refractivity contribution in [2.75, 3.05) is 40.0 Å². The Balaban J connectivity index is 1.40. The predicted molar refractivity (Wildman–Crippen MR) is 143 cm³/mol. The van der Waals surface area contributed by atoms with E-state index < -0.39 is 0 Å². The van der Waals surface area contributed by atoms with E-state index in [9.17, 15) is 4.79 Å². The van der Waals surface area contributed by atoms with E-state index in [-0.39, 0.29) is 25.1 Å². The molecule has 194 valence electrons. The van der Waals surface area contributed by atoms with Gasteiger partial charge in [0.2, 0.25) is 5.91 Å². The maximum Gasteiger partial charge on any atom is 0.237 e. The van der Waals surface area contributed by atoms with Crippen LogP contribution in [0.2, 0.25) is 5.02 Å². The highest BCUT2D eigenvalue weighted by molar-refractivity contribution is 6.36. The maximum absolute atomic E-state index is 12.5. The fraction of sp³-hybridized carbons (Fsp3) is 0.345. The Labute approximate surface area is 221 Å². The van der Waals surface area contributed by atoms with Crippen LogP contribution in [0.5, 0.6) is 17.2 Å². The fourth-order valence-corrected chi connectivity index (χ4v) is 5.40. The number of methoxy groups -OCH3 is 1. The minimum atomic E-state index is -0.201. The smallest absolute Gasteiger partial charge is 0.237 e. The molecule has 3 aromatic carbocycles. The second-order valence-corrected chi connectivity index (χ2v) is 9.57. The number of likely N-dealkylation sites (tertiary alicyclic amines) is 1. The summed E-state index contributed by atoms with van der Waals surface area (Å²) in [7, 11) is 1.66. The fourth-order valence-electron chi connectivity index (χ4n) is 5.06. The number of nitrogens with zero attached hydrogens (tertiary/aromatic N) is 1. The molecule has 2 aliphatic rings. The summed E-state index contributed by atoms with van der Waals surface area (Å²) in [4.78, 5) is 14.7. The number of rotatable bonds is 8. The van der Waals surface area contributed by atoms with Gasteiger partial charge in [0.25, 0.3) is 0 Å². The van der Waals surface area contributed by atoms with Gasteiger partial charge in [-0.3, -0.25) is 9.69 Å². The van der Waals surface area contributed by atoms with E-state index in [1.165, 1.54) is 0 Å². The lowest BCUT2D eigenvalue weighted by Crippen LogP contribution is -2.43. The number of benzene rings is 3. The van der Waals surface area contributed by atoms with Crippen LogP contribution in [0.15, 0.2) is 54.6 Å². The molecule has 8 heteroatoms. The average Bonchev–Trinajstić information content (AvgIpc) is 3.40. The highest BCUT2D eigenvalue weighted by atomic mass is 35.5. The molecule has 1 saturated heterocycles. The van der Waals surface area contributed by atoms with Crippen LogP contribution < -0.4 is 19.5 Å². The molecule has 0 radical (unpaired) electrons. The molecule has 2 N–H and O–H groups in total. The number of ether oxygens (including phenoxy) is 3. The van der Waals surface area contributed by atoms with Gasteiger partial charge in [0, 0.05) is 29.8 Å². The number of hydrogen-bond donors (Lipinski definition) is 2. The third-order valence-corrected chi connectivity index (χ3v) is 7.31. The van der Waals surface area contributed by atoms with E-state index in [0.717, 1.165) is 64.5 Å². The predicted octanol–water partition coefficient (Wildman–Crippen LogP) is 4.53. The molecule has 5 rings (SSSR count). The van der Waals surface area contributed by atoms with Crippen molar-refractivity contribution in [2.45, 2.75) is 25.4 Å². The van der Waals surface area contributed by atoms with Gasteiger partial charge in [-0.1, -0.05) is 48.0 Å². The number of carbonyl (C=O) groups excluding carboxylic acids is 1. The minimum absolute atomic E-state index is 0.0372. The summed E-state index contributed by atoms with van der Waals surface area (Å²) in [6, 6.07) is 17.8. The molecule has 0 bridgehead atoms. The van der Waals surface area contributed by atoms with Crippen LogP contribution in [0.4, 0.5) is 0 Å². The first-order chi connectivity index (χ1) is 18.1. The zero-order chi connectivity index (χ0) is 25.8. The van der Waals surface area contributed by atoms with E-state index in [4.69, 9.17) is 30.9 Å². The van der Waals surface area contributed by atoms with Gasteiger partial charge in [-0.15, -0.1) is 0 Å². The zero-order valence-electron chi connectivity index (χ0n) is 20.8. The number of carbonyl (C=O) groups is 1. The van der Waals surface area contributed by atoms with Crippen molar-refractivity contribution in [2.24, 2.45) is 0 Å². The van der Waals surface area contributed by atoms with Gasteiger partial charge in [0.05, 0.1) is 24.8 Å². The number of nitrogens with one attached hydrogen (secondary N) is 1. The van der Waals surface area contributed by atoms with Gasteiger partial charge in [-0.25, -0.2) is 0 Å². The minimum Gasteiger partial charge on any atom is -0.496 e. The second-order valence-electron chi connectivity index (χ2n) is 9.20. The third kappa shape index (κ3) is 5.39. The molecule has 2 aliphatic heterocycles. The molecule has 0 aliphatic carbocycles.